The van der Waals surface area contributed by atoms with Crippen LogP contribution in [-0.4, -0.2) is 41.5 Å². The standard InChI is InChI=1S/C15H22FN3O/c1-12-5-2-3-9-19(12)10-4-8-17-15(20)13-6-7-14(16)18-11-13/h6-7,11-12H,2-5,8-10H2,1H3,(H,17,20). The molecule has 110 valence electrons. The minimum atomic E-state index is -0.569. The van der Waals surface area contributed by atoms with Crippen molar-refractivity contribution >= 4 is 5.91 Å². The van der Waals surface area contributed by atoms with E-state index in [1.165, 1.54) is 37.6 Å². The van der Waals surface area contributed by atoms with Crippen LogP contribution in [0.2, 0.25) is 0 Å². The van der Waals surface area contributed by atoms with Crippen LogP contribution in [0.15, 0.2) is 18.3 Å². The van der Waals surface area contributed by atoms with E-state index in [2.05, 4.69) is 22.1 Å². The van der Waals surface area contributed by atoms with Crippen LogP contribution in [-0.2, 0) is 0 Å². The molecule has 2 heterocycles. The zero-order chi connectivity index (χ0) is 14.4. The number of nitrogens with zero attached hydrogens (tertiary/aromatic N) is 2. The van der Waals surface area contributed by atoms with Crippen LogP contribution < -0.4 is 5.32 Å². The molecule has 2 rings (SSSR count). The Labute approximate surface area is 119 Å². The Balaban J connectivity index is 1.67. The fraction of sp³-hybridized carbons (Fsp3) is 0.600. The van der Waals surface area contributed by atoms with E-state index < -0.39 is 5.95 Å². The molecular weight excluding hydrogens is 257 g/mol. The van der Waals surface area contributed by atoms with E-state index in [-0.39, 0.29) is 5.91 Å². The van der Waals surface area contributed by atoms with Gasteiger partial charge in [-0.2, -0.15) is 4.39 Å². The van der Waals surface area contributed by atoms with Gasteiger partial charge in [0, 0.05) is 25.3 Å². The molecule has 0 saturated carbocycles. The number of pyridine rings is 1. The summed E-state index contributed by atoms with van der Waals surface area (Å²) in [5.41, 5.74) is 0.401. The Hall–Kier alpha value is -1.49. The number of nitrogens with one attached hydrogen (secondary N) is 1. The van der Waals surface area contributed by atoms with E-state index in [9.17, 15) is 9.18 Å². The molecule has 1 aliphatic rings. The van der Waals surface area contributed by atoms with Gasteiger partial charge in [0.05, 0.1) is 5.56 Å². The number of likely N-dealkylation sites (tertiary alicyclic amines) is 1. The second-order valence-corrected chi connectivity index (χ2v) is 5.36. The molecule has 5 heteroatoms. The molecular formula is C15H22FN3O. The maximum absolute atomic E-state index is 12.7. The van der Waals surface area contributed by atoms with Crippen molar-refractivity contribution in [1.29, 1.82) is 0 Å². The highest BCUT2D eigenvalue weighted by Crippen LogP contribution is 2.16. The van der Waals surface area contributed by atoms with Crippen molar-refractivity contribution in [3.63, 3.8) is 0 Å². The van der Waals surface area contributed by atoms with Gasteiger partial charge < -0.3 is 10.2 Å². The Kier molecular flexibility index (Phi) is 5.47. The van der Waals surface area contributed by atoms with Gasteiger partial charge in [-0.3, -0.25) is 4.79 Å². The Morgan fingerprint density at radius 2 is 2.35 bits per heavy atom. The van der Waals surface area contributed by atoms with Gasteiger partial charge in [-0.1, -0.05) is 6.42 Å². The van der Waals surface area contributed by atoms with Crippen LogP contribution in [0, 0.1) is 5.95 Å². The molecule has 1 aromatic heterocycles. The number of hydrogen-bond acceptors (Lipinski definition) is 3. The van der Waals surface area contributed by atoms with E-state index in [1.54, 1.807) is 0 Å². The number of hydrogen-bond donors (Lipinski definition) is 1. The number of piperidine rings is 1. The van der Waals surface area contributed by atoms with Gasteiger partial charge in [-0.05, 0) is 44.9 Å². The summed E-state index contributed by atoms with van der Waals surface area (Å²) in [6.45, 7) is 5.08. The number of carbonyl (C=O) groups is 1. The lowest BCUT2D eigenvalue weighted by Gasteiger charge is -2.33. The summed E-state index contributed by atoms with van der Waals surface area (Å²) < 4.78 is 12.7. The van der Waals surface area contributed by atoms with E-state index in [4.69, 9.17) is 0 Å². The third-order valence-corrected chi connectivity index (χ3v) is 3.84. The molecule has 4 nitrogen and oxygen atoms in total. The van der Waals surface area contributed by atoms with Crippen LogP contribution in [0.25, 0.3) is 0 Å². The van der Waals surface area contributed by atoms with Gasteiger partial charge in [0.25, 0.3) is 5.91 Å². The molecule has 1 amide bonds. The normalized spacial score (nSPS) is 19.8. The van der Waals surface area contributed by atoms with Gasteiger partial charge in [0.15, 0.2) is 0 Å². The first-order chi connectivity index (χ1) is 9.66. The largest absolute Gasteiger partial charge is 0.352 e. The van der Waals surface area contributed by atoms with E-state index >= 15 is 0 Å². The molecule has 0 aromatic carbocycles. The first kappa shape index (κ1) is 14.9. The van der Waals surface area contributed by atoms with Crippen molar-refractivity contribution in [2.24, 2.45) is 0 Å². The van der Waals surface area contributed by atoms with E-state index in [1.807, 2.05) is 0 Å². The predicted molar refractivity (Wildman–Crippen MR) is 76.0 cm³/mol. The third-order valence-electron chi connectivity index (χ3n) is 3.84. The average molecular weight is 279 g/mol. The van der Waals surface area contributed by atoms with Gasteiger partial charge in [0.2, 0.25) is 5.95 Å². The lowest BCUT2D eigenvalue weighted by molar-refractivity contribution is 0.0948. The lowest BCUT2D eigenvalue weighted by atomic mass is 10.0. The fourth-order valence-electron chi connectivity index (χ4n) is 2.59. The maximum atomic E-state index is 12.7. The van der Waals surface area contributed by atoms with Crippen LogP contribution in [0.5, 0.6) is 0 Å². The number of aromatic nitrogens is 1. The Morgan fingerprint density at radius 1 is 1.50 bits per heavy atom. The van der Waals surface area contributed by atoms with Gasteiger partial charge in [0.1, 0.15) is 0 Å². The predicted octanol–water partition coefficient (Wildman–Crippen LogP) is 2.21. The monoisotopic (exact) mass is 279 g/mol. The highest BCUT2D eigenvalue weighted by molar-refractivity contribution is 5.93. The number of halogens is 1. The summed E-state index contributed by atoms with van der Waals surface area (Å²) in [6.07, 6.45) is 6.07. The molecule has 1 atom stereocenters. The maximum Gasteiger partial charge on any atom is 0.252 e. The molecule has 1 N–H and O–H groups in total. The minimum absolute atomic E-state index is 0.191. The van der Waals surface area contributed by atoms with E-state index in [0.29, 0.717) is 18.2 Å². The summed E-state index contributed by atoms with van der Waals surface area (Å²) in [7, 11) is 0. The van der Waals surface area contributed by atoms with Crippen molar-refractivity contribution < 1.29 is 9.18 Å². The molecule has 1 saturated heterocycles. The summed E-state index contributed by atoms with van der Waals surface area (Å²) in [5.74, 6) is -0.759. The lowest BCUT2D eigenvalue weighted by Crippen LogP contribution is -2.39. The zero-order valence-electron chi connectivity index (χ0n) is 11.9. The van der Waals surface area contributed by atoms with Crippen molar-refractivity contribution in [1.82, 2.24) is 15.2 Å². The van der Waals surface area contributed by atoms with Crippen LogP contribution in [0.3, 0.4) is 0 Å². The van der Waals surface area contributed by atoms with Crippen molar-refractivity contribution in [3.05, 3.63) is 29.8 Å². The summed E-state index contributed by atoms with van der Waals surface area (Å²) in [6, 6.07) is 3.30. The Morgan fingerprint density at radius 3 is 3.05 bits per heavy atom. The first-order valence-electron chi connectivity index (χ1n) is 7.30. The summed E-state index contributed by atoms with van der Waals surface area (Å²) >= 11 is 0. The number of carbonyl (C=O) groups excluding carboxylic acids is 1. The van der Waals surface area contributed by atoms with Crippen molar-refractivity contribution in [2.45, 2.75) is 38.6 Å². The van der Waals surface area contributed by atoms with Gasteiger partial charge >= 0.3 is 0 Å². The molecule has 0 radical (unpaired) electrons. The quantitative estimate of drug-likeness (QED) is 0.664. The topological polar surface area (TPSA) is 45.2 Å². The van der Waals surface area contributed by atoms with Crippen LogP contribution >= 0.6 is 0 Å². The highest BCUT2D eigenvalue weighted by Gasteiger charge is 2.17. The number of amides is 1. The summed E-state index contributed by atoms with van der Waals surface area (Å²) in [4.78, 5) is 17.7. The first-order valence-corrected chi connectivity index (χ1v) is 7.30. The Bertz CT molecular complexity index is 435. The zero-order valence-corrected chi connectivity index (χ0v) is 11.9. The van der Waals surface area contributed by atoms with Gasteiger partial charge in [-0.25, -0.2) is 4.98 Å². The molecule has 0 bridgehead atoms. The summed E-state index contributed by atoms with van der Waals surface area (Å²) in [5, 5.41) is 2.84. The third kappa shape index (κ3) is 4.27. The SMILES string of the molecule is CC1CCCCN1CCCNC(=O)c1ccc(F)nc1. The highest BCUT2D eigenvalue weighted by atomic mass is 19.1. The van der Waals surface area contributed by atoms with Crippen LogP contribution in [0.4, 0.5) is 4.39 Å². The van der Waals surface area contributed by atoms with Crippen LogP contribution in [0.1, 0.15) is 43.0 Å². The molecule has 1 unspecified atom stereocenters. The molecule has 1 fully saturated rings. The minimum Gasteiger partial charge on any atom is -0.352 e. The molecule has 20 heavy (non-hydrogen) atoms. The molecule has 0 aliphatic carbocycles. The van der Waals surface area contributed by atoms with E-state index in [0.717, 1.165) is 19.5 Å². The molecule has 1 aromatic rings. The number of rotatable bonds is 5. The molecule has 0 spiro atoms. The molecule has 1 aliphatic heterocycles. The van der Waals surface area contributed by atoms with Gasteiger partial charge in [-0.15, -0.1) is 0 Å². The second kappa shape index (κ2) is 7.33. The average Bonchev–Trinajstić information content (AvgIpc) is 2.46. The fourth-order valence-corrected chi connectivity index (χ4v) is 2.59. The van der Waals surface area contributed by atoms with Crippen molar-refractivity contribution in [2.75, 3.05) is 19.6 Å². The van der Waals surface area contributed by atoms with Crippen molar-refractivity contribution in [3.8, 4) is 0 Å². The second-order valence-electron chi connectivity index (χ2n) is 5.36. The smallest absolute Gasteiger partial charge is 0.252 e.